The molecule has 108 valence electrons. The highest BCUT2D eigenvalue weighted by Crippen LogP contribution is 2.28. The summed E-state index contributed by atoms with van der Waals surface area (Å²) >= 11 is 6.01. The third-order valence-corrected chi connectivity index (χ3v) is 3.43. The zero-order valence-corrected chi connectivity index (χ0v) is 11.5. The number of carbonyl (C=O) groups excluding carboxylic acids is 1. The molecule has 7 heteroatoms. The molecule has 0 aromatic heterocycles. The lowest BCUT2D eigenvalue weighted by atomic mass is 10.1. The van der Waals surface area contributed by atoms with Crippen molar-refractivity contribution in [2.45, 2.75) is 12.5 Å². The van der Waals surface area contributed by atoms with Gasteiger partial charge in [0.25, 0.3) is 5.91 Å². The van der Waals surface area contributed by atoms with Crippen molar-refractivity contribution in [1.82, 2.24) is 0 Å². The second kappa shape index (κ2) is 6.11. The van der Waals surface area contributed by atoms with Gasteiger partial charge in [0.1, 0.15) is 0 Å². The van der Waals surface area contributed by atoms with E-state index in [4.69, 9.17) is 27.2 Å². The first kappa shape index (κ1) is 14.6. The Morgan fingerprint density at radius 2 is 2.25 bits per heavy atom. The number of halogens is 1. The fraction of sp³-hybridized carbons (Fsp3) is 0.385. The van der Waals surface area contributed by atoms with Crippen LogP contribution < -0.4 is 10.6 Å². The molecule has 6 nitrogen and oxygen atoms in total. The molecule has 0 saturated carbocycles. The van der Waals surface area contributed by atoms with Crippen molar-refractivity contribution in [1.29, 1.82) is 0 Å². The number of morpholine rings is 1. The predicted octanol–water partition coefficient (Wildman–Crippen LogP) is 1.12. The first-order valence-corrected chi connectivity index (χ1v) is 6.53. The Labute approximate surface area is 121 Å². The predicted molar refractivity (Wildman–Crippen MR) is 74.2 cm³/mol. The summed E-state index contributed by atoms with van der Waals surface area (Å²) in [5.41, 5.74) is 6.23. The van der Waals surface area contributed by atoms with Crippen molar-refractivity contribution < 1.29 is 19.4 Å². The SMILES string of the molecule is NC(=O)c1c(Cl)cccc1N1CCOC(CC(=O)O)C1. The number of rotatable bonds is 4. The molecule has 1 atom stereocenters. The molecule has 0 radical (unpaired) electrons. The van der Waals surface area contributed by atoms with Crippen LogP contribution in [0.2, 0.25) is 5.02 Å². The van der Waals surface area contributed by atoms with E-state index in [9.17, 15) is 9.59 Å². The number of anilines is 1. The van der Waals surface area contributed by atoms with E-state index in [1.165, 1.54) is 0 Å². The van der Waals surface area contributed by atoms with Gasteiger partial charge in [-0.1, -0.05) is 17.7 Å². The van der Waals surface area contributed by atoms with Crippen LogP contribution in [0.25, 0.3) is 0 Å². The molecule has 0 bridgehead atoms. The Morgan fingerprint density at radius 3 is 2.90 bits per heavy atom. The van der Waals surface area contributed by atoms with Gasteiger partial charge in [0, 0.05) is 13.1 Å². The van der Waals surface area contributed by atoms with E-state index in [1.807, 2.05) is 4.90 Å². The smallest absolute Gasteiger partial charge is 0.306 e. The first-order valence-electron chi connectivity index (χ1n) is 6.15. The highest BCUT2D eigenvalue weighted by atomic mass is 35.5. The number of aliphatic carboxylic acids is 1. The minimum atomic E-state index is -0.918. The second-order valence-electron chi connectivity index (χ2n) is 4.53. The zero-order chi connectivity index (χ0) is 14.7. The molecule has 1 heterocycles. The summed E-state index contributed by atoms with van der Waals surface area (Å²) in [4.78, 5) is 24.2. The highest BCUT2D eigenvalue weighted by molar-refractivity contribution is 6.34. The van der Waals surface area contributed by atoms with Crippen molar-refractivity contribution in [2.24, 2.45) is 5.73 Å². The Hall–Kier alpha value is -1.79. The molecule has 1 fully saturated rings. The minimum absolute atomic E-state index is 0.0804. The monoisotopic (exact) mass is 298 g/mol. The van der Waals surface area contributed by atoms with Crippen molar-refractivity contribution in [3.05, 3.63) is 28.8 Å². The first-order chi connectivity index (χ1) is 9.49. The van der Waals surface area contributed by atoms with E-state index in [0.717, 1.165) is 0 Å². The molecule has 0 spiro atoms. The summed E-state index contributed by atoms with van der Waals surface area (Å²) in [5.74, 6) is -1.52. The van der Waals surface area contributed by atoms with Crippen LogP contribution in [-0.2, 0) is 9.53 Å². The van der Waals surface area contributed by atoms with Crippen LogP contribution in [0.1, 0.15) is 16.8 Å². The van der Waals surface area contributed by atoms with E-state index in [0.29, 0.717) is 25.4 Å². The maximum atomic E-state index is 11.5. The van der Waals surface area contributed by atoms with Crippen LogP contribution in [-0.4, -0.2) is 42.8 Å². The van der Waals surface area contributed by atoms with Crippen molar-refractivity contribution in [3.63, 3.8) is 0 Å². The van der Waals surface area contributed by atoms with E-state index >= 15 is 0 Å². The fourth-order valence-corrected chi connectivity index (χ4v) is 2.54. The Kier molecular flexibility index (Phi) is 4.46. The lowest BCUT2D eigenvalue weighted by Gasteiger charge is -2.34. The number of nitrogens with two attached hydrogens (primary N) is 1. The molecular formula is C13H15ClN2O4. The number of nitrogens with zero attached hydrogens (tertiary/aromatic N) is 1. The van der Waals surface area contributed by atoms with Crippen LogP contribution in [0, 0.1) is 0 Å². The number of hydrogen-bond donors (Lipinski definition) is 2. The summed E-state index contributed by atoms with van der Waals surface area (Å²) in [6.45, 7) is 1.33. The van der Waals surface area contributed by atoms with Gasteiger partial charge in [-0.15, -0.1) is 0 Å². The summed E-state index contributed by atoms with van der Waals surface area (Å²) in [6.07, 6.45) is -0.496. The van der Waals surface area contributed by atoms with Gasteiger partial charge in [-0.3, -0.25) is 9.59 Å². The number of amides is 1. The van der Waals surface area contributed by atoms with Gasteiger partial charge in [-0.25, -0.2) is 0 Å². The van der Waals surface area contributed by atoms with Crippen molar-refractivity contribution in [3.8, 4) is 0 Å². The molecule has 0 aliphatic carbocycles. The Bertz CT molecular complexity index is 535. The number of hydrogen-bond acceptors (Lipinski definition) is 4. The largest absolute Gasteiger partial charge is 0.481 e. The van der Waals surface area contributed by atoms with Crippen LogP contribution in [0.4, 0.5) is 5.69 Å². The minimum Gasteiger partial charge on any atom is -0.481 e. The van der Waals surface area contributed by atoms with Gasteiger partial charge >= 0.3 is 5.97 Å². The molecule has 20 heavy (non-hydrogen) atoms. The topological polar surface area (TPSA) is 92.9 Å². The molecule has 1 saturated heterocycles. The van der Waals surface area contributed by atoms with Crippen molar-refractivity contribution in [2.75, 3.05) is 24.6 Å². The average Bonchev–Trinajstić information content (AvgIpc) is 2.37. The van der Waals surface area contributed by atoms with Gasteiger partial charge in [0.2, 0.25) is 0 Å². The van der Waals surface area contributed by atoms with E-state index in [2.05, 4.69) is 0 Å². The summed E-state index contributed by atoms with van der Waals surface area (Å²) in [5, 5.41) is 9.10. The van der Waals surface area contributed by atoms with E-state index < -0.39 is 18.0 Å². The number of carbonyl (C=O) groups is 2. The number of primary amides is 1. The normalized spacial score (nSPS) is 18.9. The van der Waals surface area contributed by atoms with Crippen LogP contribution >= 0.6 is 11.6 Å². The van der Waals surface area contributed by atoms with Crippen LogP contribution in [0.15, 0.2) is 18.2 Å². The zero-order valence-electron chi connectivity index (χ0n) is 10.7. The molecule has 1 unspecified atom stereocenters. The van der Waals surface area contributed by atoms with E-state index in [1.54, 1.807) is 18.2 Å². The van der Waals surface area contributed by atoms with Crippen molar-refractivity contribution >= 4 is 29.2 Å². The van der Waals surface area contributed by atoms with Crippen LogP contribution in [0.5, 0.6) is 0 Å². The summed E-state index contributed by atoms with van der Waals surface area (Å²) < 4.78 is 5.40. The number of benzene rings is 1. The maximum absolute atomic E-state index is 11.5. The number of carboxylic acid groups (broad SMARTS) is 1. The fourth-order valence-electron chi connectivity index (χ4n) is 2.28. The highest BCUT2D eigenvalue weighted by Gasteiger charge is 2.26. The average molecular weight is 299 g/mol. The van der Waals surface area contributed by atoms with Crippen LogP contribution in [0.3, 0.4) is 0 Å². The molecule has 1 aromatic carbocycles. The van der Waals surface area contributed by atoms with E-state index in [-0.39, 0.29) is 17.0 Å². The Morgan fingerprint density at radius 1 is 1.50 bits per heavy atom. The molecule has 2 rings (SSSR count). The lowest BCUT2D eigenvalue weighted by molar-refractivity contribution is -0.140. The summed E-state index contributed by atoms with van der Waals surface area (Å²) in [6, 6.07) is 5.07. The quantitative estimate of drug-likeness (QED) is 0.869. The van der Waals surface area contributed by atoms with Gasteiger partial charge in [0.05, 0.1) is 35.4 Å². The van der Waals surface area contributed by atoms with Gasteiger partial charge in [-0.05, 0) is 12.1 Å². The number of carboxylic acids is 1. The molecular weight excluding hydrogens is 284 g/mol. The van der Waals surface area contributed by atoms with Gasteiger partial charge in [0.15, 0.2) is 0 Å². The maximum Gasteiger partial charge on any atom is 0.306 e. The lowest BCUT2D eigenvalue weighted by Crippen LogP contribution is -2.44. The molecule has 1 aromatic rings. The molecule has 1 amide bonds. The third-order valence-electron chi connectivity index (χ3n) is 3.12. The number of ether oxygens (including phenoxy) is 1. The molecule has 1 aliphatic heterocycles. The molecule has 3 N–H and O–H groups in total. The van der Waals surface area contributed by atoms with Gasteiger partial charge < -0.3 is 20.5 Å². The second-order valence-corrected chi connectivity index (χ2v) is 4.94. The summed E-state index contributed by atoms with van der Waals surface area (Å²) in [7, 11) is 0. The third kappa shape index (κ3) is 3.20. The van der Waals surface area contributed by atoms with Gasteiger partial charge in [-0.2, -0.15) is 0 Å². The Balaban J connectivity index is 2.25. The molecule has 1 aliphatic rings. The standard InChI is InChI=1S/C13H15ClN2O4/c14-9-2-1-3-10(12(9)13(15)19)16-4-5-20-8(7-16)6-11(17)18/h1-3,8H,4-7H2,(H2,15,19)(H,17,18).